The first kappa shape index (κ1) is 16.5. The summed E-state index contributed by atoms with van der Waals surface area (Å²) in [7, 11) is 0. The minimum atomic E-state index is 0.312. The summed E-state index contributed by atoms with van der Waals surface area (Å²) in [4.78, 5) is 11.1. The molecule has 0 atom stereocenters. The highest BCUT2D eigenvalue weighted by molar-refractivity contribution is 5.70. The van der Waals surface area contributed by atoms with Gasteiger partial charge < -0.3 is 10.1 Å². The fourth-order valence-electron chi connectivity index (χ4n) is 4.04. The van der Waals surface area contributed by atoms with Crippen molar-refractivity contribution in [2.45, 2.75) is 44.2 Å². The molecule has 4 rings (SSSR count). The molecule has 0 amide bonds. The van der Waals surface area contributed by atoms with Crippen LogP contribution in [0.2, 0.25) is 0 Å². The topological polar surface area (TPSA) is 79.0 Å². The highest BCUT2D eigenvalue weighted by Gasteiger charge is 2.37. The van der Waals surface area contributed by atoms with Crippen molar-refractivity contribution in [3.05, 3.63) is 24.8 Å². The highest BCUT2D eigenvalue weighted by atomic mass is 16.5. The summed E-state index contributed by atoms with van der Waals surface area (Å²) in [6.07, 6.45) is 11.7. The Balaban J connectivity index is 1.39. The molecule has 1 saturated carbocycles. The third kappa shape index (κ3) is 3.52. The van der Waals surface area contributed by atoms with E-state index in [1.807, 2.05) is 6.20 Å². The Kier molecular flexibility index (Phi) is 4.67. The van der Waals surface area contributed by atoms with Gasteiger partial charge in [-0.3, -0.25) is 20.0 Å². The molecule has 25 heavy (non-hydrogen) atoms. The van der Waals surface area contributed by atoms with Crippen LogP contribution in [0.4, 0.5) is 5.69 Å². The third-order valence-electron chi connectivity index (χ3n) is 5.66. The first-order chi connectivity index (χ1) is 12.2. The molecule has 0 spiro atoms. The number of rotatable bonds is 4. The Morgan fingerprint density at radius 1 is 1.20 bits per heavy atom. The van der Waals surface area contributed by atoms with Crippen LogP contribution in [0.15, 0.2) is 24.8 Å². The van der Waals surface area contributed by atoms with Gasteiger partial charge in [-0.05, 0) is 32.6 Å². The molecule has 0 unspecified atom stereocenters. The second-order valence-electron chi connectivity index (χ2n) is 7.26. The number of anilines is 1. The van der Waals surface area contributed by atoms with Crippen LogP contribution < -0.4 is 5.32 Å². The largest absolute Gasteiger partial charge is 0.379 e. The lowest BCUT2D eigenvalue weighted by Crippen LogP contribution is -2.54. The molecule has 7 nitrogen and oxygen atoms in total. The van der Waals surface area contributed by atoms with Crippen LogP contribution in [0.1, 0.15) is 32.6 Å². The first-order valence-corrected chi connectivity index (χ1v) is 9.14. The van der Waals surface area contributed by atoms with Gasteiger partial charge in [0.05, 0.1) is 31.3 Å². The van der Waals surface area contributed by atoms with Crippen molar-refractivity contribution in [1.82, 2.24) is 25.1 Å². The number of aromatic nitrogens is 4. The lowest BCUT2D eigenvalue weighted by atomic mass is 9.79. The van der Waals surface area contributed by atoms with Gasteiger partial charge in [0, 0.05) is 37.1 Å². The number of hydrogen-bond acceptors (Lipinski definition) is 6. The number of nitrogens with zero attached hydrogens (tertiary/aromatic N) is 4. The van der Waals surface area contributed by atoms with Gasteiger partial charge in [0.1, 0.15) is 11.4 Å². The SMILES string of the molecule is CC1(N2CCOCC2)CCC(Nc2cn[nH]c2-c2cnccn2)CC1. The third-order valence-corrected chi connectivity index (χ3v) is 5.66. The summed E-state index contributed by atoms with van der Waals surface area (Å²) in [5, 5.41) is 10.9. The number of H-pyrrole nitrogens is 1. The van der Waals surface area contributed by atoms with E-state index in [-0.39, 0.29) is 0 Å². The van der Waals surface area contributed by atoms with Gasteiger partial charge in [-0.15, -0.1) is 0 Å². The average Bonchev–Trinajstić information content (AvgIpc) is 3.13. The zero-order valence-corrected chi connectivity index (χ0v) is 14.7. The van der Waals surface area contributed by atoms with Crippen molar-refractivity contribution in [2.24, 2.45) is 0 Å². The van der Waals surface area contributed by atoms with Gasteiger partial charge in [0.25, 0.3) is 0 Å². The highest BCUT2D eigenvalue weighted by Crippen LogP contribution is 2.36. The smallest absolute Gasteiger partial charge is 0.108 e. The van der Waals surface area contributed by atoms with E-state index in [0.717, 1.165) is 43.4 Å². The van der Waals surface area contributed by atoms with Crippen LogP contribution >= 0.6 is 0 Å². The monoisotopic (exact) mass is 342 g/mol. The van der Waals surface area contributed by atoms with Crippen LogP contribution in [0.25, 0.3) is 11.4 Å². The van der Waals surface area contributed by atoms with E-state index in [2.05, 4.69) is 37.3 Å². The maximum Gasteiger partial charge on any atom is 0.108 e. The van der Waals surface area contributed by atoms with Crippen molar-refractivity contribution in [2.75, 3.05) is 31.6 Å². The molecule has 2 fully saturated rings. The summed E-state index contributed by atoms with van der Waals surface area (Å²) >= 11 is 0. The van der Waals surface area contributed by atoms with Crippen LogP contribution in [0.5, 0.6) is 0 Å². The molecule has 7 heteroatoms. The molecule has 2 aromatic rings. The van der Waals surface area contributed by atoms with Crippen molar-refractivity contribution in [1.29, 1.82) is 0 Å². The Morgan fingerprint density at radius 3 is 2.72 bits per heavy atom. The second-order valence-corrected chi connectivity index (χ2v) is 7.26. The van der Waals surface area contributed by atoms with E-state index in [1.165, 1.54) is 25.7 Å². The van der Waals surface area contributed by atoms with Crippen molar-refractivity contribution < 1.29 is 4.74 Å². The fraction of sp³-hybridized carbons (Fsp3) is 0.611. The number of hydrogen-bond donors (Lipinski definition) is 2. The average molecular weight is 342 g/mol. The molecular weight excluding hydrogens is 316 g/mol. The summed E-state index contributed by atoms with van der Waals surface area (Å²) in [5.74, 6) is 0. The van der Waals surface area contributed by atoms with Crippen molar-refractivity contribution >= 4 is 5.69 Å². The Hall–Kier alpha value is -1.99. The van der Waals surface area contributed by atoms with Crippen LogP contribution in [-0.2, 0) is 4.74 Å². The normalized spacial score (nSPS) is 28.0. The van der Waals surface area contributed by atoms with Crippen molar-refractivity contribution in [3.63, 3.8) is 0 Å². The predicted molar refractivity (Wildman–Crippen MR) is 96.3 cm³/mol. The van der Waals surface area contributed by atoms with E-state index >= 15 is 0 Å². The summed E-state index contributed by atoms with van der Waals surface area (Å²) in [5.41, 5.74) is 3.05. The Bertz CT molecular complexity index is 674. The first-order valence-electron chi connectivity index (χ1n) is 9.14. The molecular formula is C18H26N6O. The molecule has 2 aromatic heterocycles. The molecule has 1 aliphatic carbocycles. The zero-order valence-electron chi connectivity index (χ0n) is 14.7. The second kappa shape index (κ2) is 7.09. The van der Waals surface area contributed by atoms with Crippen LogP contribution in [0, 0.1) is 0 Å². The van der Waals surface area contributed by atoms with Crippen LogP contribution in [0.3, 0.4) is 0 Å². The molecule has 0 bridgehead atoms. The molecule has 1 saturated heterocycles. The van der Waals surface area contributed by atoms with E-state index in [9.17, 15) is 0 Å². The molecule has 1 aliphatic heterocycles. The zero-order chi connectivity index (χ0) is 17.1. The number of morpholine rings is 1. The van der Waals surface area contributed by atoms with Gasteiger partial charge in [-0.25, -0.2) is 0 Å². The molecule has 2 aliphatic rings. The fourth-order valence-corrected chi connectivity index (χ4v) is 4.04. The molecule has 0 aromatic carbocycles. The van der Waals surface area contributed by atoms with E-state index in [1.54, 1.807) is 18.6 Å². The maximum absolute atomic E-state index is 5.51. The quantitative estimate of drug-likeness (QED) is 0.888. The Morgan fingerprint density at radius 2 is 2.00 bits per heavy atom. The Labute approximate surface area is 148 Å². The predicted octanol–water partition coefficient (Wildman–Crippen LogP) is 2.31. The molecule has 3 heterocycles. The number of nitrogens with one attached hydrogen (secondary N) is 2. The van der Waals surface area contributed by atoms with Gasteiger partial charge in [-0.2, -0.15) is 5.10 Å². The van der Waals surface area contributed by atoms with E-state index < -0.39 is 0 Å². The summed E-state index contributed by atoms with van der Waals surface area (Å²) < 4.78 is 5.51. The van der Waals surface area contributed by atoms with Gasteiger partial charge in [-0.1, -0.05) is 0 Å². The molecule has 2 N–H and O–H groups in total. The molecule has 0 radical (unpaired) electrons. The summed E-state index contributed by atoms with van der Waals surface area (Å²) in [6.45, 7) is 6.28. The number of aromatic amines is 1. The van der Waals surface area contributed by atoms with Crippen molar-refractivity contribution in [3.8, 4) is 11.4 Å². The van der Waals surface area contributed by atoms with Crippen LogP contribution in [-0.4, -0.2) is 62.9 Å². The minimum Gasteiger partial charge on any atom is -0.379 e. The maximum atomic E-state index is 5.51. The van der Waals surface area contributed by atoms with Gasteiger partial charge >= 0.3 is 0 Å². The van der Waals surface area contributed by atoms with E-state index in [0.29, 0.717) is 11.6 Å². The minimum absolute atomic E-state index is 0.312. The van der Waals surface area contributed by atoms with Gasteiger partial charge in [0.2, 0.25) is 0 Å². The number of ether oxygens (including phenoxy) is 1. The standard InChI is InChI=1S/C18H26N6O/c1-18(24-8-10-25-11-9-24)4-2-14(3-5-18)22-16-13-21-23-17(16)15-12-19-6-7-20-15/h6-7,12-14,22H,2-5,8-11H2,1H3,(H,21,23). The lowest BCUT2D eigenvalue weighted by molar-refractivity contribution is -0.0305. The van der Waals surface area contributed by atoms with Gasteiger partial charge in [0.15, 0.2) is 0 Å². The summed E-state index contributed by atoms with van der Waals surface area (Å²) in [6, 6.07) is 0.474. The lowest BCUT2D eigenvalue weighted by Gasteiger charge is -2.47. The molecule has 134 valence electrons. The van der Waals surface area contributed by atoms with E-state index in [4.69, 9.17) is 4.74 Å².